The van der Waals surface area contributed by atoms with Gasteiger partial charge in [0.05, 0.1) is 18.7 Å². The van der Waals surface area contributed by atoms with Gasteiger partial charge in [-0.1, -0.05) is 13.8 Å². The van der Waals surface area contributed by atoms with Gasteiger partial charge in [0.2, 0.25) is 0 Å². The van der Waals surface area contributed by atoms with Crippen LogP contribution in [0.4, 0.5) is 4.79 Å². The fourth-order valence-electron chi connectivity index (χ4n) is 3.36. The number of hydrogen-bond donors (Lipinski definition) is 2. The minimum Gasteiger partial charge on any atom is -0.467 e. The van der Waals surface area contributed by atoms with Gasteiger partial charge < -0.3 is 29.5 Å². The van der Waals surface area contributed by atoms with Crippen molar-refractivity contribution in [2.24, 2.45) is 0 Å². The van der Waals surface area contributed by atoms with Crippen molar-refractivity contribution in [3.8, 4) is 5.75 Å². The van der Waals surface area contributed by atoms with Gasteiger partial charge in [-0.2, -0.15) is 0 Å². The maximum absolute atomic E-state index is 12.9. The zero-order valence-corrected chi connectivity index (χ0v) is 19.8. The molecule has 1 aliphatic heterocycles. The summed E-state index contributed by atoms with van der Waals surface area (Å²) >= 11 is 0. The second-order valence-corrected chi connectivity index (χ2v) is 9.19. The predicted molar refractivity (Wildman–Crippen MR) is 118 cm³/mol. The van der Waals surface area contributed by atoms with Crippen LogP contribution in [0, 0.1) is 0 Å². The van der Waals surface area contributed by atoms with Gasteiger partial charge >= 0.3 is 6.16 Å². The topological polar surface area (TPSA) is 107 Å². The molecule has 9 nitrogen and oxygen atoms in total. The van der Waals surface area contributed by atoms with E-state index in [0.29, 0.717) is 30.7 Å². The Balaban J connectivity index is 2.09. The molecule has 180 valence electrons. The van der Waals surface area contributed by atoms with Crippen LogP contribution in [0.5, 0.6) is 5.75 Å². The van der Waals surface area contributed by atoms with Crippen molar-refractivity contribution in [1.82, 2.24) is 10.4 Å². The first-order valence-corrected chi connectivity index (χ1v) is 10.9. The number of hydroxylamine groups is 2. The Morgan fingerprint density at radius 1 is 1.28 bits per heavy atom. The van der Waals surface area contributed by atoms with E-state index in [1.165, 1.54) is 5.06 Å². The van der Waals surface area contributed by atoms with Gasteiger partial charge in [-0.05, 0) is 63.3 Å². The highest BCUT2D eigenvalue weighted by Gasteiger charge is 2.30. The van der Waals surface area contributed by atoms with Gasteiger partial charge in [0.1, 0.15) is 11.4 Å². The lowest BCUT2D eigenvalue weighted by molar-refractivity contribution is -0.144. The third kappa shape index (κ3) is 7.96. The Hall–Kier alpha value is -2.36. The van der Waals surface area contributed by atoms with Crippen LogP contribution in [-0.4, -0.2) is 67.0 Å². The molecule has 0 aliphatic carbocycles. The van der Waals surface area contributed by atoms with Crippen LogP contribution in [0.1, 0.15) is 69.3 Å². The van der Waals surface area contributed by atoms with E-state index in [4.69, 9.17) is 19.0 Å². The van der Waals surface area contributed by atoms with Gasteiger partial charge in [0, 0.05) is 19.2 Å². The smallest absolute Gasteiger partial charge is 0.467 e. The minimum atomic E-state index is -0.813. The molecule has 0 aromatic heterocycles. The first kappa shape index (κ1) is 25.9. The number of rotatable bonds is 7. The van der Waals surface area contributed by atoms with Crippen molar-refractivity contribution >= 4 is 12.1 Å². The van der Waals surface area contributed by atoms with Gasteiger partial charge in [-0.25, -0.2) is 4.79 Å². The number of carbonyl (C=O) groups is 2. The highest BCUT2D eigenvalue weighted by molar-refractivity contribution is 5.94. The highest BCUT2D eigenvalue weighted by Crippen LogP contribution is 2.28. The molecular weight excluding hydrogens is 416 g/mol. The number of ether oxygens (including phenoxy) is 3. The SMILES string of the molecule is COCOc1ccc(C(=O)N[C@@H]2CN(OC(=O)OC(C)(C)C)CCC[C@H]2O)cc1C(C)C. The Morgan fingerprint density at radius 2 is 2.00 bits per heavy atom. The molecule has 2 atom stereocenters. The quantitative estimate of drug-likeness (QED) is 0.480. The average Bonchev–Trinajstić information content (AvgIpc) is 2.85. The Morgan fingerprint density at radius 3 is 2.62 bits per heavy atom. The van der Waals surface area contributed by atoms with Crippen LogP contribution in [-0.2, 0) is 14.3 Å². The van der Waals surface area contributed by atoms with Crippen LogP contribution in [0.2, 0.25) is 0 Å². The third-order valence-electron chi connectivity index (χ3n) is 4.91. The number of amides is 1. The summed E-state index contributed by atoms with van der Waals surface area (Å²) in [6.45, 7) is 9.98. The number of carbonyl (C=O) groups excluding carboxylic acids is 2. The van der Waals surface area contributed by atoms with Gasteiger partial charge in [-0.3, -0.25) is 4.79 Å². The summed E-state index contributed by atoms with van der Waals surface area (Å²) in [7, 11) is 1.55. The number of aliphatic hydroxyl groups excluding tert-OH is 1. The maximum atomic E-state index is 12.9. The molecule has 1 amide bonds. The predicted octanol–water partition coefficient (Wildman–Crippen LogP) is 3.21. The van der Waals surface area contributed by atoms with Crippen LogP contribution < -0.4 is 10.1 Å². The Bertz CT molecular complexity index is 776. The molecule has 1 saturated heterocycles. The summed E-state index contributed by atoms with van der Waals surface area (Å²) in [5, 5.41) is 14.8. The molecule has 1 aromatic carbocycles. The third-order valence-corrected chi connectivity index (χ3v) is 4.91. The zero-order chi connectivity index (χ0) is 23.9. The first-order valence-electron chi connectivity index (χ1n) is 10.9. The van der Waals surface area contributed by atoms with Crippen molar-refractivity contribution in [1.29, 1.82) is 0 Å². The van der Waals surface area contributed by atoms with E-state index in [-0.39, 0.29) is 25.2 Å². The molecule has 1 heterocycles. The molecular formula is C23H36N2O7. The Kier molecular flexibility index (Phi) is 9.30. The fraction of sp³-hybridized carbons (Fsp3) is 0.652. The van der Waals surface area contributed by atoms with Crippen LogP contribution in [0.15, 0.2) is 18.2 Å². The van der Waals surface area contributed by atoms with Crippen LogP contribution in [0.3, 0.4) is 0 Å². The number of methoxy groups -OCH3 is 1. The molecule has 0 saturated carbocycles. The van der Waals surface area contributed by atoms with Crippen LogP contribution >= 0.6 is 0 Å². The minimum absolute atomic E-state index is 0.118. The van der Waals surface area contributed by atoms with E-state index < -0.39 is 23.9 Å². The van der Waals surface area contributed by atoms with E-state index in [1.807, 2.05) is 13.8 Å². The molecule has 9 heteroatoms. The molecule has 0 bridgehead atoms. The summed E-state index contributed by atoms with van der Waals surface area (Å²) in [6.07, 6.45) is -0.494. The monoisotopic (exact) mass is 452 g/mol. The lowest BCUT2D eigenvalue weighted by Crippen LogP contribution is -2.49. The second-order valence-electron chi connectivity index (χ2n) is 9.19. The highest BCUT2D eigenvalue weighted by atomic mass is 16.8. The number of nitrogens with one attached hydrogen (secondary N) is 1. The number of aliphatic hydroxyl groups is 1. The van der Waals surface area contributed by atoms with Gasteiger partial charge in [0.15, 0.2) is 6.79 Å². The second kappa shape index (κ2) is 11.5. The van der Waals surface area contributed by atoms with Crippen molar-refractivity contribution in [3.05, 3.63) is 29.3 Å². The zero-order valence-electron chi connectivity index (χ0n) is 19.8. The lowest BCUT2D eigenvalue weighted by atomic mass is 9.99. The summed E-state index contributed by atoms with van der Waals surface area (Å²) in [6, 6.07) is 4.58. The largest absolute Gasteiger partial charge is 0.528 e. The number of hydrogen-bond acceptors (Lipinski definition) is 8. The van der Waals surface area contributed by atoms with Gasteiger partial charge in [-0.15, -0.1) is 5.06 Å². The first-order chi connectivity index (χ1) is 15.0. The summed E-state index contributed by atoms with van der Waals surface area (Å²) in [5.41, 5.74) is 0.657. The summed E-state index contributed by atoms with van der Waals surface area (Å²) in [5.74, 6) is 0.467. The van der Waals surface area contributed by atoms with Crippen molar-refractivity contribution in [2.75, 3.05) is 27.0 Å². The van der Waals surface area contributed by atoms with E-state index in [1.54, 1.807) is 46.1 Å². The lowest BCUT2D eigenvalue weighted by Gasteiger charge is -2.27. The molecule has 1 fully saturated rings. The van der Waals surface area contributed by atoms with E-state index in [2.05, 4.69) is 5.32 Å². The van der Waals surface area contributed by atoms with E-state index in [0.717, 1.165) is 5.56 Å². The average molecular weight is 453 g/mol. The molecule has 1 aliphatic rings. The molecule has 0 spiro atoms. The standard InChI is InChI=1S/C23H36N2O7/c1-15(2)17-12-16(9-10-20(17)30-14-29-6)21(27)24-18-13-25(11-7-8-19(18)26)32-22(28)31-23(3,4)5/h9-10,12,15,18-19,26H,7-8,11,13-14H2,1-6H3,(H,24,27)/t18-,19-/m1/s1. The molecule has 32 heavy (non-hydrogen) atoms. The number of benzene rings is 1. The van der Waals surface area contributed by atoms with Crippen molar-refractivity contribution in [2.45, 2.75) is 71.1 Å². The van der Waals surface area contributed by atoms with Gasteiger partial charge in [0.25, 0.3) is 5.91 Å². The Labute approximate surface area is 189 Å². The van der Waals surface area contributed by atoms with Crippen molar-refractivity contribution < 1.29 is 33.7 Å². The van der Waals surface area contributed by atoms with Crippen molar-refractivity contribution in [3.63, 3.8) is 0 Å². The molecule has 2 N–H and O–H groups in total. The molecule has 1 aromatic rings. The maximum Gasteiger partial charge on any atom is 0.528 e. The van der Waals surface area contributed by atoms with Crippen LogP contribution in [0.25, 0.3) is 0 Å². The normalized spacial score (nSPS) is 19.9. The summed E-state index contributed by atoms with van der Waals surface area (Å²) in [4.78, 5) is 30.3. The molecule has 2 rings (SSSR count). The van der Waals surface area contributed by atoms with E-state index >= 15 is 0 Å². The molecule has 0 unspecified atom stereocenters. The van der Waals surface area contributed by atoms with E-state index in [9.17, 15) is 14.7 Å². The fourth-order valence-corrected chi connectivity index (χ4v) is 3.36. The summed E-state index contributed by atoms with van der Waals surface area (Å²) < 4.78 is 15.8. The molecule has 0 radical (unpaired) electrons. The number of nitrogens with zero attached hydrogens (tertiary/aromatic N) is 1.